The number of nitrogens with one attached hydrogen (secondary N) is 2. The van der Waals surface area contributed by atoms with Gasteiger partial charge in [-0.2, -0.15) is 10.2 Å². The van der Waals surface area contributed by atoms with Crippen LogP contribution in [0.5, 0.6) is 0 Å². The van der Waals surface area contributed by atoms with E-state index in [-0.39, 0.29) is 23.6 Å². The second-order valence-corrected chi connectivity index (χ2v) is 7.94. The number of amides is 1. The summed E-state index contributed by atoms with van der Waals surface area (Å²) in [5, 5.41) is 15.6. The minimum absolute atomic E-state index is 0.170. The maximum absolute atomic E-state index is 12.6. The number of hydrogen-bond acceptors (Lipinski definition) is 6. The van der Waals surface area contributed by atoms with Crippen LogP contribution in [0.2, 0.25) is 0 Å². The Balaban J connectivity index is 1.43. The van der Waals surface area contributed by atoms with E-state index in [1.807, 2.05) is 17.5 Å². The molecule has 1 atom stereocenters. The number of carbonyl (C=O) groups excluding carboxylic acids is 1. The van der Waals surface area contributed by atoms with Gasteiger partial charge in [-0.1, -0.05) is 25.1 Å². The molecule has 3 aromatic heterocycles. The number of benzene rings is 1. The molecule has 8 nitrogen and oxygen atoms in total. The van der Waals surface area contributed by atoms with Gasteiger partial charge in [-0.25, -0.2) is 9.78 Å². The Bertz CT molecular complexity index is 1290. The minimum Gasteiger partial charge on any atom is -0.326 e. The summed E-state index contributed by atoms with van der Waals surface area (Å²) in [5.41, 5.74) is 2.24. The van der Waals surface area contributed by atoms with Gasteiger partial charge in [0.1, 0.15) is 5.69 Å². The molecule has 0 aliphatic rings. The maximum Gasteiger partial charge on any atom is 0.266 e. The Morgan fingerprint density at radius 2 is 1.84 bits per heavy atom. The van der Waals surface area contributed by atoms with Crippen molar-refractivity contribution in [2.24, 2.45) is 5.92 Å². The second kappa shape index (κ2) is 8.88. The SMILES string of the molecule is CC(Cn1nc(-c2cccs2)ccc1=O)C(=O)Nc1ccc(-c2ccc(=O)[nH]n2)cc1. The van der Waals surface area contributed by atoms with Crippen LogP contribution in [0.3, 0.4) is 0 Å². The summed E-state index contributed by atoms with van der Waals surface area (Å²) in [6.45, 7) is 1.92. The van der Waals surface area contributed by atoms with Crippen LogP contribution in [0.15, 0.2) is 75.6 Å². The van der Waals surface area contributed by atoms with E-state index in [0.717, 1.165) is 10.4 Å². The Hall–Kier alpha value is -3.85. The van der Waals surface area contributed by atoms with Crippen molar-refractivity contribution in [1.29, 1.82) is 0 Å². The van der Waals surface area contributed by atoms with Crippen molar-refractivity contribution in [3.63, 3.8) is 0 Å². The lowest BCUT2D eigenvalue weighted by Crippen LogP contribution is -2.30. The Morgan fingerprint density at radius 1 is 1.06 bits per heavy atom. The van der Waals surface area contributed by atoms with Gasteiger partial charge in [0, 0.05) is 23.4 Å². The van der Waals surface area contributed by atoms with Crippen LogP contribution in [0.4, 0.5) is 5.69 Å². The van der Waals surface area contributed by atoms with Crippen molar-refractivity contribution >= 4 is 22.9 Å². The number of nitrogens with zero attached hydrogens (tertiary/aromatic N) is 3. The molecule has 1 unspecified atom stereocenters. The number of aromatic nitrogens is 4. The molecular weight excluding hydrogens is 414 g/mol. The molecule has 9 heteroatoms. The first-order valence-corrected chi connectivity index (χ1v) is 10.5. The zero-order chi connectivity index (χ0) is 21.8. The molecule has 1 aromatic carbocycles. The van der Waals surface area contributed by atoms with Crippen LogP contribution >= 0.6 is 11.3 Å². The number of aromatic amines is 1. The molecule has 0 saturated carbocycles. The van der Waals surface area contributed by atoms with Crippen molar-refractivity contribution < 1.29 is 4.79 Å². The third kappa shape index (κ3) is 4.84. The summed E-state index contributed by atoms with van der Waals surface area (Å²) >= 11 is 1.54. The van der Waals surface area contributed by atoms with Crippen molar-refractivity contribution in [1.82, 2.24) is 20.0 Å². The van der Waals surface area contributed by atoms with Gasteiger partial charge in [0.15, 0.2) is 0 Å². The molecule has 0 saturated heterocycles. The molecule has 4 rings (SSSR count). The molecule has 1 amide bonds. The van der Waals surface area contributed by atoms with Crippen LogP contribution < -0.4 is 16.4 Å². The van der Waals surface area contributed by atoms with E-state index < -0.39 is 5.92 Å². The zero-order valence-electron chi connectivity index (χ0n) is 16.6. The lowest BCUT2D eigenvalue weighted by atomic mass is 10.1. The van der Waals surface area contributed by atoms with Gasteiger partial charge in [0.05, 0.1) is 23.0 Å². The van der Waals surface area contributed by atoms with Gasteiger partial charge >= 0.3 is 0 Å². The molecule has 31 heavy (non-hydrogen) atoms. The summed E-state index contributed by atoms with van der Waals surface area (Å²) in [4.78, 5) is 36.9. The predicted octanol–water partition coefficient (Wildman–Crippen LogP) is 3.00. The van der Waals surface area contributed by atoms with Gasteiger partial charge < -0.3 is 5.32 Å². The predicted molar refractivity (Wildman–Crippen MR) is 120 cm³/mol. The lowest BCUT2D eigenvalue weighted by Gasteiger charge is -2.14. The Morgan fingerprint density at radius 3 is 2.52 bits per heavy atom. The number of H-pyrrole nitrogens is 1. The third-order valence-corrected chi connectivity index (χ3v) is 5.55. The third-order valence-electron chi connectivity index (χ3n) is 4.66. The molecule has 0 fully saturated rings. The first-order valence-electron chi connectivity index (χ1n) is 9.59. The maximum atomic E-state index is 12.6. The fourth-order valence-electron chi connectivity index (χ4n) is 2.97. The lowest BCUT2D eigenvalue weighted by molar-refractivity contribution is -0.119. The van der Waals surface area contributed by atoms with E-state index in [4.69, 9.17) is 0 Å². The Kier molecular flexibility index (Phi) is 5.85. The van der Waals surface area contributed by atoms with Crippen LogP contribution in [0, 0.1) is 5.92 Å². The van der Waals surface area contributed by atoms with Gasteiger partial charge in [-0.05, 0) is 35.7 Å². The number of hydrogen-bond donors (Lipinski definition) is 2. The fourth-order valence-corrected chi connectivity index (χ4v) is 3.66. The summed E-state index contributed by atoms with van der Waals surface area (Å²) in [5.74, 6) is -0.686. The topological polar surface area (TPSA) is 110 Å². The number of thiophene rings is 1. The van der Waals surface area contributed by atoms with Crippen LogP contribution in [0.25, 0.3) is 21.8 Å². The molecule has 2 N–H and O–H groups in total. The Labute approximate surface area is 181 Å². The van der Waals surface area contributed by atoms with Gasteiger partial charge in [-0.15, -0.1) is 11.3 Å². The molecule has 0 aliphatic heterocycles. The summed E-state index contributed by atoms with van der Waals surface area (Å²) in [6, 6.07) is 17.2. The molecule has 0 bridgehead atoms. The molecule has 156 valence electrons. The molecule has 0 aliphatic carbocycles. The minimum atomic E-state index is -0.468. The number of carbonyl (C=O) groups is 1. The van der Waals surface area contributed by atoms with Crippen molar-refractivity contribution in [3.05, 3.63) is 86.8 Å². The fraction of sp³-hybridized carbons (Fsp3) is 0.136. The average Bonchev–Trinajstić information content (AvgIpc) is 3.31. The van der Waals surface area contributed by atoms with Crippen molar-refractivity contribution in [2.45, 2.75) is 13.5 Å². The zero-order valence-corrected chi connectivity index (χ0v) is 17.4. The summed E-state index contributed by atoms with van der Waals surface area (Å²) in [6.07, 6.45) is 0. The van der Waals surface area contributed by atoms with E-state index in [9.17, 15) is 14.4 Å². The number of anilines is 1. The summed E-state index contributed by atoms with van der Waals surface area (Å²) < 4.78 is 1.32. The van der Waals surface area contributed by atoms with E-state index in [1.165, 1.54) is 28.2 Å². The highest BCUT2D eigenvalue weighted by Crippen LogP contribution is 2.21. The molecule has 0 spiro atoms. The second-order valence-electron chi connectivity index (χ2n) is 6.99. The average molecular weight is 433 g/mol. The highest BCUT2D eigenvalue weighted by Gasteiger charge is 2.16. The normalized spacial score (nSPS) is 11.8. The first-order chi connectivity index (χ1) is 15.0. The molecule has 4 aromatic rings. The standard InChI is InChI=1S/C22H19N5O3S/c1-14(13-27-21(29)11-9-18(26-27)19-3-2-12-31-19)22(30)23-16-6-4-15(5-7-16)17-8-10-20(28)25-24-17/h2-12,14H,13H2,1H3,(H,23,30)(H,25,28). The highest BCUT2D eigenvalue weighted by molar-refractivity contribution is 7.13. The monoisotopic (exact) mass is 433 g/mol. The van der Waals surface area contributed by atoms with Gasteiger partial charge in [-0.3, -0.25) is 14.4 Å². The van der Waals surface area contributed by atoms with Crippen LogP contribution in [0.1, 0.15) is 6.92 Å². The van der Waals surface area contributed by atoms with E-state index in [0.29, 0.717) is 17.1 Å². The summed E-state index contributed by atoms with van der Waals surface area (Å²) in [7, 11) is 0. The quantitative estimate of drug-likeness (QED) is 0.486. The van der Waals surface area contributed by atoms with Crippen LogP contribution in [-0.4, -0.2) is 25.9 Å². The first kappa shape index (κ1) is 20.4. The van der Waals surface area contributed by atoms with Crippen molar-refractivity contribution in [3.8, 4) is 21.8 Å². The molecule has 3 heterocycles. The van der Waals surface area contributed by atoms with Gasteiger partial charge in [0.2, 0.25) is 5.91 Å². The van der Waals surface area contributed by atoms with E-state index in [2.05, 4.69) is 20.6 Å². The highest BCUT2D eigenvalue weighted by atomic mass is 32.1. The largest absolute Gasteiger partial charge is 0.326 e. The van der Waals surface area contributed by atoms with E-state index in [1.54, 1.807) is 43.3 Å². The van der Waals surface area contributed by atoms with E-state index >= 15 is 0 Å². The molecular formula is C22H19N5O3S. The number of rotatable bonds is 6. The van der Waals surface area contributed by atoms with Crippen molar-refractivity contribution in [2.75, 3.05) is 5.32 Å². The smallest absolute Gasteiger partial charge is 0.266 e. The van der Waals surface area contributed by atoms with Gasteiger partial charge in [0.25, 0.3) is 11.1 Å². The van der Waals surface area contributed by atoms with Crippen LogP contribution in [-0.2, 0) is 11.3 Å². The molecule has 0 radical (unpaired) electrons.